The lowest BCUT2D eigenvalue weighted by Gasteiger charge is -2.14. The van der Waals surface area contributed by atoms with E-state index in [1.807, 2.05) is 13.8 Å². The van der Waals surface area contributed by atoms with Crippen molar-refractivity contribution in [1.82, 2.24) is 9.78 Å². The molecule has 1 atom stereocenters. The van der Waals surface area contributed by atoms with E-state index in [2.05, 4.69) is 5.10 Å². The smallest absolute Gasteiger partial charge is 0.227 e. The number of carbonyl (C=O) groups excluding carboxylic acids is 1. The third-order valence-corrected chi connectivity index (χ3v) is 3.35. The molecule has 1 amide bonds. The molecule has 2 rings (SSSR count). The summed E-state index contributed by atoms with van der Waals surface area (Å²) in [6, 6.07) is 1.33. The molecule has 7 heteroatoms. The number of hydrogen-bond donors (Lipinski definition) is 2. The van der Waals surface area contributed by atoms with Gasteiger partial charge in [0.05, 0.1) is 12.1 Å². The van der Waals surface area contributed by atoms with Crippen LogP contribution in [0.5, 0.6) is 5.75 Å². The van der Waals surface area contributed by atoms with E-state index >= 15 is 0 Å². The second-order valence-corrected chi connectivity index (χ2v) is 5.50. The fourth-order valence-electron chi connectivity index (χ4n) is 2.24. The Bertz CT molecular complexity index is 745. The van der Waals surface area contributed by atoms with Gasteiger partial charge in [-0.25, -0.2) is 0 Å². The van der Waals surface area contributed by atoms with E-state index in [0.717, 1.165) is 0 Å². The topological polar surface area (TPSA) is 111 Å². The van der Waals surface area contributed by atoms with Crippen LogP contribution in [-0.4, -0.2) is 20.8 Å². The van der Waals surface area contributed by atoms with Gasteiger partial charge in [-0.1, -0.05) is 0 Å². The summed E-state index contributed by atoms with van der Waals surface area (Å²) in [6.07, 6.45) is 3.24. The highest BCUT2D eigenvalue weighted by Crippen LogP contribution is 2.32. The van der Waals surface area contributed by atoms with Crippen molar-refractivity contribution >= 4 is 5.91 Å². The Hall–Kier alpha value is -2.57. The molecule has 0 aromatic carbocycles. The molecule has 2 aromatic heterocycles. The zero-order valence-electron chi connectivity index (χ0n) is 12.7. The van der Waals surface area contributed by atoms with Crippen LogP contribution in [0.25, 0.3) is 0 Å². The summed E-state index contributed by atoms with van der Waals surface area (Å²) in [7, 11) is 0. The molecule has 2 aromatic rings. The second-order valence-electron chi connectivity index (χ2n) is 5.50. The summed E-state index contributed by atoms with van der Waals surface area (Å²) in [5, 5.41) is 14.2. The first kappa shape index (κ1) is 15.8. The van der Waals surface area contributed by atoms with Gasteiger partial charge in [0.2, 0.25) is 17.1 Å². The summed E-state index contributed by atoms with van der Waals surface area (Å²) in [5.74, 6) is -1.34. The first-order chi connectivity index (χ1) is 10.3. The van der Waals surface area contributed by atoms with Crippen molar-refractivity contribution in [3.05, 3.63) is 45.8 Å². The molecule has 0 aliphatic carbocycles. The normalized spacial score (nSPS) is 12.5. The molecule has 0 fully saturated rings. The van der Waals surface area contributed by atoms with Crippen LogP contribution in [0.2, 0.25) is 0 Å². The molecule has 1 unspecified atom stereocenters. The molecule has 118 valence electrons. The Morgan fingerprint density at radius 1 is 1.50 bits per heavy atom. The van der Waals surface area contributed by atoms with Gasteiger partial charge in [-0.15, -0.1) is 0 Å². The molecular weight excluding hydrogens is 286 g/mol. The SMILES string of the molecule is Cc1cc(=O)c(O)c(C(CC(N)=O)c2cnn(C(C)C)c2)o1. The first-order valence-electron chi connectivity index (χ1n) is 6.95. The van der Waals surface area contributed by atoms with Crippen LogP contribution in [0.3, 0.4) is 0 Å². The quantitative estimate of drug-likeness (QED) is 0.868. The standard InChI is InChI=1S/C15H19N3O4/c1-8(2)18-7-10(6-17-18)11(5-13(16)20)15-14(21)12(19)4-9(3)22-15/h4,6-8,11,21H,5H2,1-3H3,(H2,16,20). The van der Waals surface area contributed by atoms with E-state index in [0.29, 0.717) is 11.3 Å². The van der Waals surface area contributed by atoms with Crippen molar-refractivity contribution in [2.75, 3.05) is 0 Å². The summed E-state index contributed by atoms with van der Waals surface area (Å²) >= 11 is 0. The predicted octanol–water partition coefficient (Wildman–Crippen LogP) is 1.44. The summed E-state index contributed by atoms with van der Waals surface area (Å²) in [5.41, 5.74) is 5.39. The van der Waals surface area contributed by atoms with E-state index in [4.69, 9.17) is 10.2 Å². The molecule has 0 radical (unpaired) electrons. The average molecular weight is 305 g/mol. The molecular formula is C15H19N3O4. The molecule has 0 bridgehead atoms. The van der Waals surface area contributed by atoms with Gasteiger partial charge >= 0.3 is 0 Å². The Labute approximate surface area is 127 Å². The number of rotatable bonds is 5. The Morgan fingerprint density at radius 3 is 2.73 bits per heavy atom. The molecule has 22 heavy (non-hydrogen) atoms. The minimum atomic E-state index is -0.655. The van der Waals surface area contributed by atoms with Crippen LogP contribution >= 0.6 is 0 Å². The first-order valence-corrected chi connectivity index (χ1v) is 6.95. The number of nitrogens with two attached hydrogens (primary N) is 1. The van der Waals surface area contributed by atoms with Crippen LogP contribution in [0, 0.1) is 6.92 Å². The number of carbonyl (C=O) groups is 1. The lowest BCUT2D eigenvalue weighted by Crippen LogP contribution is -2.17. The van der Waals surface area contributed by atoms with Crippen molar-refractivity contribution in [3.8, 4) is 5.75 Å². The number of aryl methyl sites for hydroxylation is 1. The Kier molecular flexibility index (Phi) is 4.35. The highest BCUT2D eigenvalue weighted by molar-refractivity contribution is 5.75. The maximum Gasteiger partial charge on any atom is 0.227 e. The monoisotopic (exact) mass is 305 g/mol. The van der Waals surface area contributed by atoms with E-state index in [9.17, 15) is 14.7 Å². The fraction of sp³-hybridized carbons (Fsp3) is 0.400. The van der Waals surface area contributed by atoms with E-state index in [-0.39, 0.29) is 18.2 Å². The average Bonchev–Trinajstić information content (AvgIpc) is 2.90. The molecule has 3 N–H and O–H groups in total. The minimum Gasteiger partial charge on any atom is -0.502 e. The van der Waals surface area contributed by atoms with Gasteiger partial charge in [0, 0.05) is 30.3 Å². The van der Waals surface area contributed by atoms with Gasteiger partial charge in [0.25, 0.3) is 0 Å². The Morgan fingerprint density at radius 2 is 2.18 bits per heavy atom. The number of amides is 1. The van der Waals surface area contributed by atoms with Gasteiger partial charge in [-0.2, -0.15) is 5.10 Å². The maximum absolute atomic E-state index is 11.7. The molecule has 2 heterocycles. The zero-order chi connectivity index (χ0) is 16.4. The van der Waals surface area contributed by atoms with Gasteiger partial charge in [0.15, 0.2) is 5.76 Å². The summed E-state index contributed by atoms with van der Waals surface area (Å²) in [4.78, 5) is 23.1. The molecule has 7 nitrogen and oxygen atoms in total. The van der Waals surface area contributed by atoms with Crippen molar-refractivity contribution in [3.63, 3.8) is 0 Å². The van der Waals surface area contributed by atoms with Crippen molar-refractivity contribution in [2.24, 2.45) is 5.73 Å². The highest BCUT2D eigenvalue weighted by atomic mass is 16.4. The molecule has 0 aliphatic rings. The van der Waals surface area contributed by atoms with Crippen LogP contribution in [0.4, 0.5) is 0 Å². The largest absolute Gasteiger partial charge is 0.502 e. The third-order valence-electron chi connectivity index (χ3n) is 3.35. The lowest BCUT2D eigenvalue weighted by molar-refractivity contribution is -0.118. The van der Waals surface area contributed by atoms with Crippen molar-refractivity contribution < 1.29 is 14.3 Å². The number of hydrogen-bond acceptors (Lipinski definition) is 5. The second kappa shape index (κ2) is 6.05. The predicted molar refractivity (Wildman–Crippen MR) is 79.6 cm³/mol. The van der Waals surface area contributed by atoms with Crippen LogP contribution < -0.4 is 11.2 Å². The zero-order valence-corrected chi connectivity index (χ0v) is 12.7. The molecule has 0 saturated heterocycles. The molecule has 0 spiro atoms. The number of primary amides is 1. The Balaban J connectivity index is 2.55. The van der Waals surface area contributed by atoms with Crippen molar-refractivity contribution in [2.45, 2.75) is 39.2 Å². The molecule has 0 saturated carbocycles. The highest BCUT2D eigenvalue weighted by Gasteiger charge is 2.26. The van der Waals surface area contributed by atoms with Crippen molar-refractivity contribution in [1.29, 1.82) is 0 Å². The number of nitrogens with zero attached hydrogens (tertiary/aromatic N) is 2. The van der Waals surface area contributed by atoms with Gasteiger partial charge < -0.3 is 15.3 Å². The van der Waals surface area contributed by atoms with E-state index in [1.165, 1.54) is 6.07 Å². The van der Waals surface area contributed by atoms with Crippen LogP contribution in [0.1, 0.15) is 49.3 Å². The summed E-state index contributed by atoms with van der Waals surface area (Å²) < 4.78 is 7.20. The number of aromatic nitrogens is 2. The maximum atomic E-state index is 11.7. The van der Waals surface area contributed by atoms with Gasteiger partial charge in [-0.05, 0) is 20.8 Å². The van der Waals surface area contributed by atoms with Gasteiger partial charge in [0.1, 0.15) is 5.76 Å². The minimum absolute atomic E-state index is 0.0344. The van der Waals surface area contributed by atoms with Gasteiger partial charge in [-0.3, -0.25) is 14.3 Å². The lowest BCUT2D eigenvalue weighted by atomic mass is 9.94. The summed E-state index contributed by atoms with van der Waals surface area (Å²) in [6.45, 7) is 5.53. The van der Waals surface area contributed by atoms with Crippen LogP contribution in [0.15, 0.2) is 27.7 Å². The van der Waals surface area contributed by atoms with Crippen LogP contribution in [-0.2, 0) is 4.79 Å². The molecule has 0 aliphatic heterocycles. The van der Waals surface area contributed by atoms with E-state index in [1.54, 1.807) is 24.0 Å². The number of aromatic hydroxyl groups is 1. The van der Waals surface area contributed by atoms with E-state index < -0.39 is 23.0 Å². The third kappa shape index (κ3) is 3.19. The fourth-order valence-corrected chi connectivity index (χ4v) is 2.24.